The number of benzene rings is 2. The lowest BCUT2D eigenvalue weighted by Crippen LogP contribution is -2.40. The predicted octanol–water partition coefficient (Wildman–Crippen LogP) is 4.11. The maximum Gasteiger partial charge on any atom is 0.263 e. The summed E-state index contributed by atoms with van der Waals surface area (Å²) in [5.41, 5.74) is 7.55. The number of alkyl halides is 2. The zero-order valence-corrected chi connectivity index (χ0v) is 19.3. The molecule has 0 bridgehead atoms. The van der Waals surface area contributed by atoms with E-state index in [1.165, 1.54) is 19.2 Å². The number of rotatable bonds is 6. The van der Waals surface area contributed by atoms with E-state index in [0.717, 1.165) is 0 Å². The summed E-state index contributed by atoms with van der Waals surface area (Å²) in [7, 11) is 1.50. The number of morpholine rings is 1. The van der Waals surface area contributed by atoms with E-state index in [1.807, 2.05) is 6.92 Å². The van der Waals surface area contributed by atoms with Crippen LogP contribution in [-0.2, 0) is 4.74 Å². The van der Waals surface area contributed by atoms with Crippen LogP contribution in [0.25, 0.3) is 10.9 Å². The number of anilines is 2. The number of nitrogen functional groups attached to an aromatic ring is 1. The molecule has 1 atom stereocenters. The largest absolute Gasteiger partial charge is 0.496 e. The summed E-state index contributed by atoms with van der Waals surface area (Å²) in [6, 6.07) is 7.39. The number of methoxy groups -OCH3 is 1. The highest BCUT2D eigenvalue weighted by Crippen LogP contribution is 2.33. The molecule has 10 heteroatoms. The lowest BCUT2D eigenvalue weighted by atomic mass is 10.0. The maximum absolute atomic E-state index is 13.3. The van der Waals surface area contributed by atoms with Gasteiger partial charge in [-0.05, 0) is 49.7 Å². The summed E-state index contributed by atoms with van der Waals surface area (Å²) in [6.07, 6.45) is -2.62. The Morgan fingerprint density at radius 3 is 2.53 bits per heavy atom. The minimum absolute atomic E-state index is 0.139. The monoisotopic (exact) mass is 471 g/mol. The summed E-state index contributed by atoms with van der Waals surface area (Å²) in [6.45, 7) is 5.58. The quantitative estimate of drug-likeness (QED) is 0.522. The van der Waals surface area contributed by atoms with E-state index in [9.17, 15) is 13.6 Å². The molecule has 180 valence electrons. The third kappa shape index (κ3) is 4.86. The smallest absolute Gasteiger partial charge is 0.263 e. The third-order valence-electron chi connectivity index (χ3n) is 5.76. The summed E-state index contributed by atoms with van der Waals surface area (Å²) in [5.74, 6) is 1.24. The first-order valence-corrected chi connectivity index (χ1v) is 10.9. The highest BCUT2D eigenvalue weighted by atomic mass is 19.3. The van der Waals surface area contributed by atoms with Gasteiger partial charge in [-0.2, -0.15) is 0 Å². The molecule has 34 heavy (non-hydrogen) atoms. The highest BCUT2D eigenvalue weighted by Gasteiger charge is 2.24. The molecule has 0 unspecified atom stereocenters. The second kappa shape index (κ2) is 9.76. The van der Waals surface area contributed by atoms with Crippen LogP contribution in [0.3, 0.4) is 0 Å². The van der Waals surface area contributed by atoms with Crippen LogP contribution in [0.15, 0.2) is 30.3 Å². The number of hydrogen-bond acceptors (Lipinski definition) is 7. The Hall–Kier alpha value is -3.53. The van der Waals surface area contributed by atoms with Crippen LogP contribution >= 0.6 is 0 Å². The molecule has 0 saturated carbocycles. The van der Waals surface area contributed by atoms with Gasteiger partial charge in [-0.3, -0.25) is 4.79 Å². The number of carbonyl (C=O) groups is 1. The molecule has 2 aromatic carbocycles. The summed E-state index contributed by atoms with van der Waals surface area (Å²) in [4.78, 5) is 23.9. The number of nitrogens with one attached hydrogen (secondary N) is 1. The van der Waals surface area contributed by atoms with Gasteiger partial charge in [0, 0.05) is 29.7 Å². The summed E-state index contributed by atoms with van der Waals surface area (Å²) in [5, 5.41) is 3.92. The van der Waals surface area contributed by atoms with E-state index in [1.54, 1.807) is 30.0 Å². The Balaban J connectivity index is 1.72. The highest BCUT2D eigenvalue weighted by molar-refractivity contribution is 6.02. The van der Waals surface area contributed by atoms with Crippen molar-refractivity contribution in [1.82, 2.24) is 14.9 Å². The van der Waals surface area contributed by atoms with Gasteiger partial charge in [0.25, 0.3) is 12.3 Å². The topological polar surface area (TPSA) is 103 Å². The SMILES string of the molecule is COc1cc2c(N[C@H](C)c3cc(N)cc(C(F)F)c3)nc(C)nc2cc1C(=O)N1CCOCC1. The van der Waals surface area contributed by atoms with Gasteiger partial charge in [-0.15, -0.1) is 0 Å². The van der Waals surface area contributed by atoms with Gasteiger partial charge in [0.2, 0.25) is 0 Å². The fraction of sp³-hybridized carbons (Fsp3) is 0.375. The molecular weight excluding hydrogens is 444 g/mol. The van der Waals surface area contributed by atoms with Crippen LogP contribution in [0.4, 0.5) is 20.3 Å². The Kier molecular flexibility index (Phi) is 6.78. The van der Waals surface area contributed by atoms with Crippen molar-refractivity contribution < 1.29 is 23.0 Å². The third-order valence-corrected chi connectivity index (χ3v) is 5.76. The van der Waals surface area contributed by atoms with Gasteiger partial charge in [-0.1, -0.05) is 0 Å². The van der Waals surface area contributed by atoms with Crippen molar-refractivity contribution in [2.75, 3.05) is 44.5 Å². The molecule has 0 aliphatic carbocycles. The fourth-order valence-electron chi connectivity index (χ4n) is 4.02. The first kappa shape index (κ1) is 23.6. The van der Waals surface area contributed by atoms with Crippen molar-refractivity contribution >= 4 is 28.3 Å². The van der Waals surface area contributed by atoms with E-state index < -0.39 is 6.43 Å². The van der Waals surface area contributed by atoms with Crippen LogP contribution < -0.4 is 15.8 Å². The number of nitrogens with two attached hydrogens (primary N) is 1. The molecule has 1 aromatic heterocycles. The zero-order valence-electron chi connectivity index (χ0n) is 19.3. The first-order chi connectivity index (χ1) is 16.3. The molecule has 1 fully saturated rings. The number of aryl methyl sites for hydroxylation is 1. The van der Waals surface area contributed by atoms with Crippen LogP contribution in [0, 0.1) is 6.92 Å². The Morgan fingerprint density at radius 1 is 1.15 bits per heavy atom. The molecule has 1 aliphatic heterocycles. The normalized spacial score (nSPS) is 14.9. The van der Waals surface area contributed by atoms with Crippen molar-refractivity contribution in [2.24, 2.45) is 0 Å². The van der Waals surface area contributed by atoms with Crippen molar-refractivity contribution in [3.63, 3.8) is 0 Å². The number of fused-ring (bicyclic) bond motifs is 1. The molecule has 0 radical (unpaired) electrons. The van der Waals surface area contributed by atoms with Crippen molar-refractivity contribution in [1.29, 1.82) is 0 Å². The van der Waals surface area contributed by atoms with Gasteiger partial charge < -0.3 is 25.4 Å². The van der Waals surface area contributed by atoms with Gasteiger partial charge in [0.1, 0.15) is 17.4 Å². The lowest BCUT2D eigenvalue weighted by molar-refractivity contribution is 0.0301. The number of carbonyl (C=O) groups excluding carboxylic acids is 1. The van der Waals surface area contributed by atoms with E-state index in [4.69, 9.17) is 15.2 Å². The van der Waals surface area contributed by atoms with E-state index >= 15 is 0 Å². The van der Waals surface area contributed by atoms with Crippen LogP contribution in [-0.4, -0.2) is 54.2 Å². The molecule has 0 spiro atoms. The number of ether oxygens (including phenoxy) is 2. The van der Waals surface area contributed by atoms with E-state index in [-0.39, 0.29) is 23.2 Å². The number of hydrogen-bond donors (Lipinski definition) is 2. The molecule has 3 aromatic rings. The van der Waals surface area contributed by atoms with Crippen LogP contribution in [0.1, 0.15) is 46.7 Å². The molecule has 2 heterocycles. The van der Waals surface area contributed by atoms with Crippen molar-refractivity contribution in [2.45, 2.75) is 26.3 Å². The Labute approximate surface area is 196 Å². The van der Waals surface area contributed by atoms with Gasteiger partial charge >= 0.3 is 0 Å². The number of halogens is 2. The second-order valence-electron chi connectivity index (χ2n) is 8.19. The van der Waals surface area contributed by atoms with Crippen LogP contribution in [0.2, 0.25) is 0 Å². The minimum atomic E-state index is -2.62. The first-order valence-electron chi connectivity index (χ1n) is 10.9. The number of amides is 1. The Morgan fingerprint density at radius 2 is 1.85 bits per heavy atom. The second-order valence-corrected chi connectivity index (χ2v) is 8.19. The Bertz CT molecular complexity index is 1210. The molecule has 4 rings (SSSR count). The summed E-state index contributed by atoms with van der Waals surface area (Å²) >= 11 is 0. The molecule has 8 nitrogen and oxygen atoms in total. The average Bonchev–Trinajstić information content (AvgIpc) is 2.82. The average molecular weight is 472 g/mol. The number of aromatic nitrogens is 2. The van der Waals surface area contributed by atoms with E-state index in [0.29, 0.717) is 65.7 Å². The molecule has 3 N–H and O–H groups in total. The lowest BCUT2D eigenvalue weighted by Gasteiger charge is -2.27. The van der Waals surface area contributed by atoms with Crippen molar-refractivity contribution in [3.8, 4) is 5.75 Å². The summed E-state index contributed by atoms with van der Waals surface area (Å²) < 4.78 is 37.4. The molecule has 1 amide bonds. The standard InChI is InChI=1S/C24H27F2N5O3/c1-13(15-8-16(22(25)26)10-17(27)9-15)28-23-18-12-21(33-3)19(11-20(18)29-14(2)30-23)24(32)31-4-6-34-7-5-31/h8-13,22H,4-7,27H2,1-3H3,(H,28,29,30)/t13-/m1/s1. The zero-order chi connectivity index (χ0) is 24.4. The van der Waals surface area contributed by atoms with Crippen molar-refractivity contribution in [3.05, 3.63) is 52.8 Å². The maximum atomic E-state index is 13.3. The minimum Gasteiger partial charge on any atom is -0.496 e. The van der Waals surface area contributed by atoms with Gasteiger partial charge in [0.05, 0.1) is 37.4 Å². The van der Waals surface area contributed by atoms with Crippen LogP contribution in [0.5, 0.6) is 5.75 Å². The van der Waals surface area contributed by atoms with Gasteiger partial charge in [-0.25, -0.2) is 18.7 Å². The predicted molar refractivity (Wildman–Crippen MR) is 125 cm³/mol. The fourth-order valence-corrected chi connectivity index (χ4v) is 4.02. The molecular formula is C24H27F2N5O3. The molecule has 1 saturated heterocycles. The molecule has 1 aliphatic rings. The number of nitrogens with zero attached hydrogens (tertiary/aromatic N) is 3. The van der Waals surface area contributed by atoms with Gasteiger partial charge in [0.15, 0.2) is 0 Å². The van der Waals surface area contributed by atoms with E-state index in [2.05, 4.69) is 15.3 Å².